The summed E-state index contributed by atoms with van der Waals surface area (Å²) < 4.78 is 0. The van der Waals surface area contributed by atoms with Crippen LogP contribution in [0.4, 0.5) is 0 Å². The lowest BCUT2D eigenvalue weighted by atomic mass is 10.1. The molecule has 0 N–H and O–H groups in total. The Labute approximate surface area is 75.5 Å². The van der Waals surface area contributed by atoms with Crippen LogP contribution in [0.15, 0.2) is 12.2 Å². The van der Waals surface area contributed by atoms with E-state index < -0.39 is 0 Å². The molecule has 0 atom stereocenters. The first-order valence-corrected chi connectivity index (χ1v) is 5.71. The molecular formula is C10H20S. The molecule has 0 saturated heterocycles. The summed E-state index contributed by atoms with van der Waals surface area (Å²) in [7, 11) is 0. The average Bonchev–Trinajstić information content (AvgIpc) is 2.01. The van der Waals surface area contributed by atoms with Crippen LogP contribution in [0, 0.1) is 0 Å². The largest absolute Gasteiger partial charge is 0.162 e. The van der Waals surface area contributed by atoms with E-state index in [2.05, 4.69) is 20.4 Å². The zero-order valence-electron chi connectivity index (χ0n) is 7.86. The van der Waals surface area contributed by atoms with Gasteiger partial charge in [0.25, 0.3) is 0 Å². The van der Waals surface area contributed by atoms with E-state index in [1.54, 1.807) is 0 Å². The molecule has 0 aliphatic rings. The molecule has 0 saturated carbocycles. The topological polar surface area (TPSA) is 0 Å². The van der Waals surface area contributed by atoms with Crippen molar-refractivity contribution in [3.8, 4) is 0 Å². The van der Waals surface area contributed by atoms with Crippen molar-refractivity contribution >= 4 is 11.8 Å². The first kappa shape index (κ1) is 11.1. The molecule has 0 aromatic rings. The number of thioether (sulfide) groups is 1. The maximum atomic E-state index is 4.05. The van der Waals surface area contributed by atoms with Crippen molar-refractivity contribution in [3.05, 3.63) is 12.2 Å². The second kappa shape index (κ2) is 8.19. The van der Waals surface area contributed by atoms with Crippen molar-refractivity contribution in [2.24, 2.45) is 0 Å². The summed E-state index contributed by atoms with van der Waals surface area (Å²) in [5.74, 6) is 2.50. The Bertz CT molecular complexity index is 97.0. The fraction of sp³-hybridized carbons (Fsp3) is 0.800. The highest BCUT2D eigenvalue weighted by Gasteiger charge is 1.93. The smallest absolute Gasteiger partial charge is 0.00304 e. The van der Waals surface area contributed by atoms with Gasteiger partial charge in [0.1, 0.15) is 0 Å². The molecule has 0 rings (SSSR count). The van der Waals surface area contributed by atoms with Crippen LogP contribution in [-0.2, 0) is 0 Å². The number of allylic oxidation sites excluding steroid dienone is 1. The molecule has 0 unspecified atom stereocenters. The molecule has 0 aliphatic heterocycles. The van der Waals surface area contributed by atoms with Crippen LogP contribution in [0.25, 0.3) is 0 Å². The van der Waals surface area contributed by atoms with Gasteiger partial charge in [0, 0.05) is 0 Å². The van der Waals surface area contributed by atoms with Gasteiger partial charge < -0.3 is 0 Å². The van der Waals surface area contributed by atoms with Crippen molar-refractivity contribution in [3.63, 3.8) is 0 Å². The summed E-state index contributed by atoms with van der Waals surface area (Å²) in [6.45, 7) is 8.49. The fourth-order valence-electron chi connectivity index (χ4n) is 0.913. The summed E-state index contributed by atoms with van der Waals surface area (Å²) in [5.41, 5.74) is 1.44. The number of hydrogen-bond donors (Lipinski definition) is 0. The van der Waals surface area contributed by atoms with E-state index in [9.17, 15) is 0 Å². The molecule has 0 nitrogen and oxygen atoms in total. The third kappa shape index (κ3) is 7.99. The highest BCUT2D eigenvalue weighted by atomic mass is 32.2. The molecule has 0 amide bonds. The van der Waals surface area contributed by atoms with Crippen LogP contribution in [0.1, 0.15) is 39.5 Å². The van der Waals surface area contributed by atoms with Crippen molar-refractivity contribution in [1.29, 1.82) is 0 Å². The van der Waals surface area contributed by atoms with E-state index in [-0.39, 0.29) is 0 Å². The number of hydrogen-bond acceptors (Lipinski definition) is 1. The normalized spacial score (nSPS) is 10.0. The van der Waals surface area contributed by atoms with Gasteiger partial charge in [0.2, 0.25) is 0 Å². The first-order chi connectivity index (χ1) is 5.31. The van der Waals surface area contributed by atoms with Crippen molar-refractivity contribution in [1.82, 2.24) is 0 Å². The van der Waals surface area contributed by atoms with Crippen LogP contribution < -0.4 is 0 Å². The van der Waals surface area contributed by atoms with Crippen LogP contribution in [0.2, 0.25) is 0 Å². The van der Waals surface area contributed by atoms with Crippen LogP contribution in [-0.4, -0.2) is 11.5 Å². The molecule has 0 heterocycles. The van der Waals surface area contributed by atoms with E-state index in [0.717, 1.165) is 0 Å². The molecule has 0 aliphatic carbocycles. The van der Waals surface area contributed by atoms with Gasteiger partial charge in [-0.2, -0.15) is 11.8 Å². The van der Waals surface area contributed by atoms with E-state index in [0.29, 0.717) is 0 Å². The molecular weight excluding hydrogens is 152 g/mol. The molecule has 1 heteroatoms. The van der Waals surface area contributed by atoms with Crippen LogP contribution in [0.3, 0.4) is 0 Å². The molecule has 0 aromatic heterocycles. The van der Waals surface area contributed by atoms with Crippen LogP contribution in [0.5, 0.6) is 0 Å². The average molecular weight is 172 g/mol. The van der Waals surface area contributed by atoms with Gasteiger partial charge in [-0.05, 0) is 30.8 Å². The van der Waals surface area contributed by atoms with Crippen molar-refractivity contribution < 1.29 is 0 Å². The molecule has 0 radical (unpaired) electrons. The molecule has 0 aromatic carbocycles. The third-order valence-electron chi connectivity index (χ3n) is 1.69. The Morgan fingerprint density at radius 2 is 2.00 bits per heavy atom. The summed E-state index contributed by atoms with van der Waals surface area (Å²) in [6.07, 6.45) is 5.06. The van der Waals surface area contributed by atoms with E-state index >= 15 is 0 Å². The van der Waals surface area contributed by atoms with E-state index in [1.807, 2.05) is 11.8 Å². The second-order valence-corrected chi connectivity index (χ2v) is 4.19. The highest BCUT2D eigenvalue weighted by Crippen LogP contribution is 2.12. The van der Waals surface area contributed by atoms with Crippen molar-refractivity contribution in [2.75, 3.05) is 11.5 Å². The summed E-state index contributed by atoms with van der Waals surface area (Å²) in [6, 6.07) is 0. The van der Waals surface area contributed by atoms with Gasteiger partial charge in [-0.3, -0.25) is 0 Å². The zero-order valence-corrected chi connectivity index (χ0v) is 8.67. The monoisotopic (exact) mass is 172 g/mol. The SMILES string of the molecule is C=C(CCCC)CCSCC. The number of unbranched alkanes of at least 4 members (excludes halogenated alkanes) is 1. The van der Waals surface area contributed by atoms with Gasteiger partial charge in [-0.25, -0.2) is 0 Å². The molecule has 66 valence electrons. The Kier molecular flexibility index (Phi) is 8.26. The van der Waals surface area contributed by atoms with Gasteiger partial charge in [-0.15, -0.1) is 0 Å². The predicted molar refractivity (Wildman–Crippen MR) is 56.3 cm³/mol. The Balaban J connectivity index is 3.09. The summed E-state index contributed by atoms with van der Waals surface area (Å²) in [5, 5.41) is 0. The van der Waals surface area contributed by atoms with Gasteiger partial charge in [0.15, 0.2) is 0 Å². The summed E-state index contributed by atoms with van der Waals surface area (Å²) >= 11 is 2.01. The standard InChI is InChI=1S/C10H20S/c1-4-6-7-10(3)8-9-11-5-2/h3-9H2,1-2H3. The lowest BCUT2D eigenvalue weighted by Crippen LogP contribution is -1.85. The lowest BCUT2D eigenvalue weighted by molar-refractivity contribution is 0.770. The minimum Gasteiger partial charge on any atom is -0.162 e. The Morgan fingerprint density at radius 1 is 1.27 bits per heavy atom. The second-order valence-electron chi connectivity index (χ2n) is 2.80. The first-order valence-electron chi connectivity index (χ1n) is 4.55. The molecule has 0 fully saturated rings. The third-order valence-corrected chi connectivity index (χ3v) is 2.59. The van der Waals surface area contributed by atoms with E-state index in [4.69, 9.17) is 0 Å². The van der Waals surface area contributed by atoms with Crippen LogP contribution >= 0.6 is 11.8 Å². The minimum absolute atomic E-state index is 1.22. The molecule has 11 heavy (non-hydrogen) atoms. The van der Waals surface area contributed by atoms with E-state index in [1.165, 1.54) is 42.8 Å². The maximum Gasteiger partial charge on any atom is -0.00304 e. The quantitative estimate of drug-likeness (QED) is 0.415. The molecule has 0 spiro atoms. The Morgan fingerprint density at radius 3 is 2.55 bits per heavy atom. The van der Waals surface area contributed by atoms with Gasteiger partial charge in [-0.1, -0.05) is 32.4 Å². The van der Waals surface area contributed by atoms with Gasteiger partial charge >= 0.3 is 0 Å². The summed E-state index contributed by atoms with van der Waals surface area (Å²) in [4.78, 5) is 0. The zero-order chi connectivity index (χ0) is 8.53. The fourth-order valence-corrected chi connectivity index (χ4v) is 1.63. The lowest BCUT2D eigenvalue weighted by Gasteiger charge is -2.02. The van der Waals surface area contributed by atoms with Gasteiger partial charge in [0.05, 0.1) is 0 Å². The predicted octanol–water partition coefficient (Wildman–Crippen LogP) is 3.88. The highest BCUT2D eigenvalue weighted by molar-refractivity contribution is 7.99. The maximum absolute atomic E-state index is 4.05. The number of rotatable bonds is 7. The minimum atomic E-state index is 1.22. The molecule has 0 bridgehead atoms. The van der Waals surface area contributed by atoms with Crippen molar-refractivity contribution in [2.45, 2.75) is 39.5 Å². The Hall–Kier alpha value is 0.0900.